The Balaban J connectivity index is 3.04. The topological polar surface area (TPSA) is 80.4 Å². The van der Waals surface area contributed by atoms with Gasteiger partial charge >= 0.3 is 0 Å². The summed E-state index contributed by atoms with van der Waals surface area (Å²) in [6.07, 6.45) is 0.815. The van der Waals surface area contributed by atoms with Crippen LogP contribution >= 0.6 is 0 Å². The lowest BCUT2D eigenvalue weighted by molar-refractivity contribution is -0.107. The van der Waals surface area contributed by atoms with Crippen molar-refractivity contribution < 1.29 is 14.7 Å². The van der Waals surface area contributed by atoms with E-state index in [-0.39, 0.29) is 17.7 Å². The number of benzene rings is 1. The van der Waals surface area contributed by atoms with Crippen molar-refractivity contribution in [3.8, 4) is 17.6 Å². The van der Waals surface area contributed by atoms with E-state index in [9.17, 15) is 14.7 Å². The number of rotatable bonds is 2. The summed E-state index contributed by atoms with van der Waals surface area (Å²) in [7, 11) is 0. The fourth-order valence-electron chi connectivity index (χ4n) is 1.01. The van der Waals surface area contributed by atoms with Gasteiger partial charge in [0.15, 0.2) is 0 Å². The van der Waals surface area contributed by atoms with E-state index in [1.165, 1.54) is 12.1 Å². The van der Waals surface area contributed by atoms with Gasteiger partial charge < -0.3 is 15.6 Å². The predicted molar refractivity (Wildman–Crippen MR) is 54.2 cm³/mol. The number of carbonyl (C=O) groups excluding carboxylic acids is 2. The zero-order chi connectivity index (χ0) is 11.3. The third-order valence-electron chi connectivity index (χ3n) is 1.68. The lowest BCUT2D eigenvalue weighted by Gasteiger charge is -1.99. The van der Waals surface area contributed by atoms with E-state index in [4.69, 9.17) is 5.73 Å². The monoisotopic (exact) mass is 203 g/mol. The van der Waals surface area contributed by atoms with Crippen LogP contribution in [0.1, 0.15) is 22.3 Å². The molecule has 15 heavy (non-hydrogen) atoms. The quantitative estimate of drug-likeness (QED) is 0.540. The lowest BCUT2D eigenvalue weighted by Crippen LogP contribution is -2.11. The van der Waals surface area contributed by atoms with Gasteiger partial charge in [0.1, 0.15) is 12.0 Å². The molecule has 0 aliphatic carbocycles. The first-order valence-electron chi connectivity index (χ1n) is 4.20. The van der Waals surface area contributed by atoms with E-state index in [1.54, 1.807) is 6.07 Å². The van der Waals surface area contributed by atoms with Crippen molar-refractivity contribution in [3.63, 3.8) is 0 Å². The lowest BCUT2D eigenvalue weighted by atomic mass is 10.1. The Hall–Kier alpha value is -2.28. The Morgan fingerprint density at radius 2 is 2.27 bits per heavy atom. The maximum atomic E-state index is 10.9. The van der Waals surface area contributed by atoms with Crippen LogP contribution in [0, 0.1) is 11.8 Å². The highest BCUT2D eigenvalue weighted by Crippen LogP contribution is 2.17. The van der Waals surface area contributed by atoms with Gasteiger partial charge in [-0.25, -0.2) is 0 Å². The SMILES string of the molecule is NC(=O)c1cc(C#CCC=O)ccc1O. The second-order valence-electron chi connectivity index (χ2n) is 2.77. The van der Waals surface area contributed by atoms with Crippen molar-refractivity contribution in [2.75, 3.05) is 0 Å². The number of hydrogen-bond donors (Lipinski definition) is 2. The van der Waals surface area contributed by atoms with Gasteiger partial charge in [0.25, 0.3) is 5.91 Å². The average Bonchev–Trinajstić information content (AvgIpc) is 2.20. The number of amides is 1. The summed E-state index contributed by atoms with van der Waals surface area (Å²) in [6.45, 7) is 0. The molecule has 4 nitrogen and oxygen atoms in total. The number of nitrogens with two attached hydrogens (primary N) is 1. The second-order valence-corrected chi connectivity index (χ2v) is 2.77. The number of phenols is 1. The van der Waals surface area contributed by atoms with Gasteiger partial charge in [-0.3, -0.25) is 4.79 Å². The molecule has 0 fully saturated rings. The number of carbonyl (C=O) groups is 2. The molecule has 0 saturated heterocycles. The molecule has 76 valence electrons. The first kappa shape index (κ1) is 10.8. The molecule has 0 aliphatic rings. The highest BCUT2D eigenvalue weighted by Gasteiger charge is 2.06. The summed E-state index contributed by atoms with van der Waals surface area (Å²) in [5, 5.41) is 9.27. The Bertz CT molecular complexity index is 455. The summed E-state index contributed by atoms with van der Waals surface area (Å²) in [5.74, 6) is 4.36. The van der Waals surface area contributed by atoms with Crippen molar-refractivity contribution in [2.24, 2.45) is 5.73 Å². The third-order valence-corrected chi connectivity index (χ3v) is 1.68. The van der Waals surface area contributed by atoms with Crippen LogP contribution in [0.15, 0.2) is 18.2 Å². The highest BCUT2D eigenvalue weighted by molar-refractivity contribution is 5.95. The van der Waals surface area contributed by atoms with Crippen molar-refractivity contribution in [1.82, 2.24) is 0 Å². The van der Waals surface area contributed by atoms with Gasteiger partial charge in [0, 0.05) is 5.56 Å². The van der Waals surface area contributed by atoms with Gasteiger partial charge in [-0.15, -0.1) is 0 Å². The van der Waals surface area contributed by atoms with Crippen molar-refractivity contribution in [2.45, 2.75) is 6.42 Å². The first-order valence-corrected chi connectivity index (χ1v) is 4.20. The summed E-state index contributed by atoms with van der Waals surface area (Å²) < 4.78 is 0. The standard InChI is InChI=1S/C11H9NO3/c12-11(15)9-7-8(3-1-2-6-13)4-5-10(9)14/h4-7,14H,2H2,(H2,12,15). The van der Waals surface area contributed by atoms with E-state index in [0.717, 1.165) is 0 Å². The van der Waals surface area contributed by atoms with Crippen LogP contribution in [0.25, 0.3) is 0 Å². The average molecular weight is 203 g/mol. The van der Waals surface area contributed by atoms with Crippen LogP contribution in [0.2, 0.25) is 0 Å². The number of aldehydes is 1. The van der Waals surface area contributed by atoms with Crippen LogP contribution in [0.4, 0.5) is 0 Å². The molecule has 0 unspecified atom stereocenters. The Morgan fingerprint density at radius 3 is 2.87 bits per heavy atom. The number of primary amides is 1. The molecule has 0 saturated carbocycles. The molecular formula is C11H9NO3. The Morgan fingerprint density at radius 1 is 1.53 bits per heavy atom. The van der Waals surface area contributed by atoms with E-state index in [2.05, 4.69) is 11.8 Å². The molecule has 4 heteroatoms. The number of hydrogen-bond acceptors (Lipinski definition) is 3. The van der Waals surface area contributed by atoms with E-state index < -0.39 is 5.91 Å². The van der Waals surface area contributed by atoms with Crippen molar-refractivity contribution in [1.29, 1.82) is 0 Å². The van der Waals surface area contributed by atoms with Gasteiger partial charge in [-0.1, -0.05) is 11.8 Å². The smallest absolute Gasteiger partial charge is 0.252 e. The second kappa shape index (κ2) is 4.82. The first-order chi connectivity index (χ1) is 7.15. The fraction of sp³-hybridized carbons (Fsp3) is 0.0909. The molecule has 0 atom stereocenters. The number of aromatic hydroxyl groups is 1. The fourth-order valence-corrected chi connectivity index (χ4v) is 1.01. The van der Waals surface area contributed by atoms with Crippen LogP contribution in [0.5, 0.6) is 5.75 Å². The maximum absolute atomic E-state index is 10.9. The molecule has 1 rings (SSSR count). The van der Waals surface area contributed by atoms with Crippen LogP contribution in [-0.4, -0.2) is 17.3 Å². The van der Waals surface area contributed by atoms with E-state index in [0.29, 0.717) is 11.8 Å². The molecule has 0 radical (unpaired) electrons. The molecule has 1 aromatic rings. The van der Waals surface area contributed by atoms with Gasteiger partial charge in [0.2, 0.25) is 0 Å². The van der Waals surface area contributed by atoms with E-state index >= 15 is 0 Å². The minimum atomic E-state index is -0.716. The maximum Gasteiger partial charge on any atom is 0.252 e. The molecule has 0 aliphatic heterocycles. The third kappa shape index (κ3) is 2.85. The summed E-state index contributed by atoms with van der Waals surface area (Å²) in [6, 6.07) is 4.26. The molecule has 1 amide bonds. The van der Waals surface area contributed by atoms with Crippen molar-refractivity contribution in [3.05, 3.63) is 29.3 Å². The summed E-state index contributed by atoms with van der Waals surface area (Å²) in [4.78, 5) is 20.9. The predicted octanol–water partition coefficient (Wildman–Crippen LogP) is 0.432. The molecule has 0 heterocycles. The minimum absolute atomic E-state index is 0.0212. The largest absolute Gasteiger partial charge is 0.507 e. The molecule has 0 aromatic heterocycles. The Kier molecular flexibility index (Phi) is 3.47. The van der Waals surface area contributed by atoms with Gasteiger partial charge in [0.05, 0.1) is 12.0 Å². The zero-order valence-electron chi connectivity index (χ0n) is 7.86. The minimum Gasteiger partial charge on any atom is -0.507 e. The molecule has 0 bridgehead atoms. The van der Waals surface area contributed by atoms with Crippen LogP contribution in [0.3, 0.4) is 0 Å². The van der Waals surface area contributed by atoms with Crippen molar-refractivity contribution >= 4 is 12.2 Å². The molecular weight excluding hydrogens is 194 g/mol. The molecule has 3 N–H and O–H groups in total. The normalized spacial score (nSPS) is 8.80. The van der Waals surface area contributed by atoms with E-state index in [1.807, 2.05) is 0 Å². The summed E-state index contributed by atoms with van der Waals surface area (Å²) >= 11 is 0. The molecule has 0 spiro atoms. The van der Waals surface area contributed by atoms with Crippen LogP contribution < -0.4 is 5.73 Å². The zero-order valence-corrected chi connectivity index (χ0v) is 7.86. The van der Waals surface area contributed by atoms with Crippen LogP contribution in [-0.2, 0) is 4.79 Å². The Labute approximate surface area is 86.7 Å². The molecule has 1 aromatic carbocycles. The van der Waals surface area contributed by atoms with Gasteiger partial charge in [-0.2, -0.15) is 0 Å². The summed E-state index contributed by atoms with van der Waals surface area (Å²) in [5.41, 5.74) is 5.59. The van der Waals surface area contributed by atoms with Gasteiger partial charge in [-0.05, 0) is 18.2 Å². The highest BCUT2D eigenvalue weighted by atomic mass is 16.3.